The summed E-state index contributed by atoms with van der Waals surface area (Å²) in [5, 5.41) is 6.10. The van der Waals surface area contributed by atoms with Crippen LogP contribution < -0.4 is 21.8 Å². The number of carbonyl (C=O) groups excluding carboxylic acids is 2. The summed E-state index contributed by atoms with van der Waals surface area (Å²) in [4.78, 5) is 27.4. The molecule has 4 rings (SSSR count). The second-order valence-corrected chi connectivity index (χ2v) is 10.6. The molecule has 9 nitrogen and oxygen atoms in total. The first-order valence-electron chi connectivity index (χ1n) is 12.7. The zero-order valence-corrected chi connectivity index (χ0v) is 22.2. The van der Waals surface area contributed by atoms with Gasteiger partial charge in [-0.2, -0.15) is 0 Å². The van der Waals surface area contributed by atoms with E-state index in [1.54, 1.807) is 0 Å². The van der Waals surface area contributed by atoms with Crippen LogP contribution in [0.2, 0.25) is 0 Å². The van der Waals surface area contributed by atoms with Crippen LogP contribution in [0.25, 0.3) is 0 Å². The second kappa shape index (κ2) is 10.6. The smallest absolute Gasteiger partial charge is 0.453 e. The van der Waals surface area contributed by atoms with Crippen molar-refractivity contribution in [3.8, 4) is 0 Å². The molecule has 0 radical (unpaired) electrons. The van der Waals surface area contributed by atoms with Crippen molar-refractivity contribution in [2.45, 2.75) is 63.8 Å². The van der Waals surface area contributed by atoms with Crippen LogP contribution in [-0.2, 0) is 18.8 Å². The number of anilines is 2. The fourth-order valence-corrected chi connectivity index (χ4v) is 4.71. The molecule has 2 aliphatic heterocycles. The molecular weight excluding hydrogens is 471 g/mol. The van der Waals surface area contributed by atoms with Gasteiger partial charge < -0.3 is 35.3 Å². The Bertz CT molecular complexity index is 1110. The summed E-state index contributed by atoms with van der Waals surface area (Å²) < 4.78 is 17.0. The Labute approximate surface area is 219 Å². The van der Waals surface area contributed by atoms with Gasteiger partial charge in [0.1, 0.15) is 6.04 Å². The van der Waals surface area contributed by atoms with E-state index < -0.39 is 30.5 Å². The molecule has 2 amide bonds. The highest BCUT2D eigenvalue weighted by molar-refractivity contribution is 6.62. The molecular formula is C27H37BN4O5. The third-order valence-electron chi connectivity index (χ3n) is 7.62. The molecule has 198 valence electrons. The van der Waals surface area contributed by atoms with Gasteiger partial charge in [0.05, 0.1) is 29.7 Å². The summed E-state index contributed by atoms with van der Waals surface area (Å²) in [6.07, 6.45) is 1.09. The lowest BCUT2D eigenvalue weighted by Gasteiger charge is -2.32. The molecule has 2 atom stereocenters. The number of hydrogen-bond acceptors (Lipinski definition) is 7. The van der Waals surface area contributed by atoms with Crippen LogP contribution >= 0.6 is 0 Å². The molecule has 10 heteroatoms. The predicted octanol–water partition coefficient (Wildman–Crippen LogP) is 3.07. The molecule has 0 bridgehead atoms. The topological polar surface area (TPSA) is 115 Å². The van der Waals surface area contributed by atoms with Crippen LogP contribution in [0.15, 0.2) is 48.5 Å². The van der Waals surface area contributed by atoms with Crippen LogP contribution in [0.4, 0.5) is 16.2 Å². The third kappa shape index (κ3) is 5.70. The Hall–Kier alpha value is -3.24. The molecule has 0 saturated carbocycles. The summed E-state index contributed by atoms with van der Waals surface area (Å²) in [5.74, 6) is -0.162. The van der Waals surface area contributed by atoms with Crippen LogP contribution in [0, 0.1) is 0 Å². The predicted molar refractivity (Wildman–Crippen MR) is 145 cm³/mol. The van der Waals surface area contributed by atoms with Crippen molar-refractivity contribution in [3.63, 3.8) is 0 Å². The zero-order chi connectivity index (χ0) is 26.8. The van der Waals surface area contributed by atoms with Crippen molar-refractivity contribution in [2.24, 2.45) is 0 Å². The number of nitrogens with one attached hydrogen (secondary N) is 2. The van der Waals surface area contributed by atoms with E-state index in [9.17, 15) is 9.59 Å². The standard InChI is InChI=1S/C27H37BN4O5/c1-26(2)27(3,4)37-28(36-26)19-13-14-22(21(29)16-19)30-17-20-12-9-15-32(20)24(33)23(31-25(34)35-5)18-10-7-6-8-11-18/h6-8,10-11,13-14,16,20,23,30H,9,12,15,17,29H2,1-5H3,(H,31,34). The molecule has 0 aliphatic carbocycles. The Morgan fingerprint density at radius 3 is 2.43 bits per heavy atom. The van der Waals surface area contributed by atoms with E-state index in [-0.39, 0.29) is 11.9 Å². The van der Waals surface area contributed by atoms with Gasteiger partial charge >= 0.3 is 13.2 Å². The van der Waals surface area contributed by atoms with E-state index in [4.69, 9.17) is 19.8 Å². The minimum Gasteiger partial charge on any atom is -0.453 e. The van der Waals surface area contributed by atoms with Crippen LogP contribution in [0.5, 0.6) is 0 Å². The van der Waals surface area contributed by atoms with Gasteiger partial charge in [-0.3, -0.25) is 4.79 Å². The van der Waals surface area contributed by atoms with Crippen molar-refractivity contribution in [2.75, 3.05) is 31.2 Å². The first-order valence-corrected chi connectivity index (χ1v) is 12.7. The Balaban J connectivity index is 1.43. The SMILES string of the molecule is COC(=O)NC(C(=O)N1CCCC1CNc1ccc(B2OC(C)(C)C(C)(C)O2)cc1N)c1ccccc1. The van der Waals surface area contributed by atoms with Gasteiger partial charge in [0.15, 0.2) is 0 Å². The summed E-state index contributed by atoms with van der Waals surface area (Å²) >= 11 is 0. The van der Waals surface area contributed by atoms with Gasteiger partial charge in [0.2, 0.25) is 5.91 Å². The minimum absolute atomic E-state index is 0.0414. The number of methoxy groups -OCH3 is 1. The third-order valence-corrected chi connectivity index (χ3v) is 7.62. The number of ether oxygens (including phenoxy) is 1. The molecule has 2 saturated heterocycles. The van der Waals surface area contributed by atoms with Crippen LogP contribution in [-0.4, -0.2) is 61.5 Å². The van der Waals surface area contributed by atoms with Gasteiger partial charge in [-0.25, -0.2) is 4.79 Å². The van der Waals surface area contributed by atoms with E-state index in [1.165, 1.54) is 7.11 Å². The second-order valence-electron chi connectivity index (χ2n) is 10.6. The van der Waals surface area contributed by atoms with E-state index in [1.807, 2.05) is 81.1 Å². The van der Waals surface area contributed by atoms with Crippen molar-refractivity contribution in [3.05, 3.63) is 54.1 Å². The number of likely N-dealkylation sites (tertiary alicyclic amines) is 1. The van der Waals surface area contributed by atoms with Gasteiger partial charge in [0, 0.05) is 19.1 Å². The summed E-state index contributed by atoms with van der Waals surface area (Å²) in [6, 6.07) is 14.1. The number of alkyl carbamates (subject to hydrolysis) is 1. The lowest BCUT2D eigenvalue weighted by Crippen LogP contribution is -2.46. The fraction of sp³-hybridized carbons (Fsp3) is 0.481. The molecule has 2 aromatic carbocycles. The highest BCUT2D eigenvalue weighted by Gasteiger charge is 2.51. The molecule has 2 fully saturated rings. The van der Waals surface area contributed by atoms with Crippen molar-refractivity contribution in [1.82, 2.24) is 10.2 Å². The van der Waals surface area contributed by atoms with Gasteiger partial charge in [0.25, 0.3) is 0 Å². The fourth-order valence-electron chi connectivity index (χ4n) is 4.71. The monoisotopic (exact) mass is 508 g/mol. The van der Waals surface area contributed by atoms with Gasteiger partial charge in [-0.15, -0.1) is 0 Å². The van der Waals surface area contributed by atoms with Gasteiger partial charge in [-0.1, -0.05) is 36.4 Å². The maximum atomic E-state index is 13.6. The number of nitrogen functional groups attached to an aromatic ring is 1. The van der Waals surface area contributed by atoms with Crippen LogP contribution in [0.1, 0.15) is 52.1 Å². The summed E-state index contributed by atoms with van der Waals surface area (Å²) in [6.45, 7) is 9.22. The minimum atomic E-state index is -0.821. The van der Waals surface area contributed by atoms with E-state index in [0.717, 1.165) is 24.0 Å². The molecule has 37 heavy (non-hydrogen) atoms. The largest absolute Gasteiger partial charge is 0.494 e. The Morgan fingerprint density at radius 1 is 1.14 bits per heavy atom. The number of hydrogen-bond donors (Lipinski definition) is 3. The maximum Gasteiger partial charge on any atom is 0.494 e. The van der Waals surface area contributed by atoms with Crippen LogP contribution in [0.3, 0.4) is 0 Å². The first kappa shape index (κ1) is 26.8. The summed E-state index contributed by atoms with van der Waals surface area (Å²) in [5.41, 5.74) is 8.46. The number of carbonyl (C=O) groups is 2. The van der Waals surface area contributed by atoms with E-state index in [2.05, 4.69) is 10.6 Å². The first-order chi connectivity index (χ1) is 17.5. The van der Waals surface area contributed by atoms with E-state index in [0.29, 0.717) is 24.3 Å². The number of rotatable bonds is 7. The molecule has 4 N–H and O–H groups in total. The molecule has 0 aromatic heterocycles. The highest BCUT2D eigenvalue weighted by Crippen LogP contribution is 2.36. The average Bonchev–Trinajstić information content (AvgIpc) is 3.42. The molecule has 2 unspecified atom stereocenters. The summed E-state index contributed by atoms with van der Waals surface area (Å²) in [7, 11) is 0.800. The van der Waals surface area contributed by atoms with Crippen molar-refractivity contribution < 1.29 is 23.6 Å². The number of amides is 2. The average molecular weight is 508 g/mol. The lowest BCUT2D eigenvalue weighted by molar-refractivity contribution is -0.134. The number of nitrogens with two attached hydrogens (primary N) is 1. The molecule has 2 heterocycles. The Kier molecular flexibility index (Phi) is 7.71. The lowest BCUT2D eigenvalue weighted by atomic mass is 9.79. The molecule has 2 aliphatic rings. The quantitative estimate of drug-likeness (QED) is 0.389. The van der Waals surface area contributed by atoms with Gasteiger partial charge in [-0.05, 0) is 63.7 Å². The Morgan fingerprint density at radius 2 is 1.81 bits per heavy atom. The van der Waals surface area contributed by atoms with E-state index >= 15 is 0 Å². The molecule has 0 spiro atoms. The molecule has 2 aromatic rings. The highest BCUT2D eigenvalue weighted by atomic mass is 16.7. The number of nitrogens with zero attached hydrogens (tertiary/aromatic N) is 1. The normalized spacial score (nSPS) is 20.9. The van der Waals surface area contributed by atoms with Crippen molar-refractivity contribution in [1.29, 1.82) is 0 Å². The maximum absolute atomic E-state index is 13.6. The zero-order valence-electron chi connectivity index (χ0n) is 22.2. The number of benzene rings is 2. The van der Waals surface area contributed by atoms with Crippen molar-refractivity contribution >= 4 is 36.0 Å².